The molecule has 1 heterocycles. The van der Waals surface area contributed by atoms with Crippen molar-refractivity contribution in [3.63, 3.8) is 0 Å². The zero-order chi connectivity index (χ0) is 12.3. The van der Waals surface area contributed by atoms with E-state index in [4.69, 9.17) is 0 Å². The molecule has 1 aromatic carbocycles. The third kappa shape index (κ3) is 2.96. The van der Waals surface area contributed by atoms with Crippen molar-refractivity contribution in [2.24, 2.45) is 0 Å². The highest BCUT2D eigenvalue weighted by molar-refractivity contribution is 7.19. The van der Waals surface area contributed by atoms with Crippen LogP contribution in [-0.4, -0.2) is 6.54 Å². The molecular formula is C15H19NS. The summed E-state index contributed by atoms with van der Waals surface area (Å²) in [6, 6.07) is 11.3. The SMILES string of the molecule is C=C(C)CC(NCC)c1cc2ccccc2s1. The van der Waals surface area contributed by atoms with E-state index in [1.807, 2.05) is 11.3 Å². The Morgan fingerprint density at radius 2 is 2.18 bits per heavy atom. The maximum atomic E-state index is 4.02. The zero-order valence-electron chi connectivity index (χ0n) is 10.5. The van der Waals surface area contributed by atoms with Gasteiger partial charge >= 0.3 is 0 Å². The Morgan fingerprint density at radius 3 is 2.82 bits per heavy atom. The Hall–Kier alpha value is -1.12. The van der Waals surface area contributed by atoms with Crippen molar-refractivity contribution in [3.05, 3.63) is 47.4 Å². The van der Waals surface area contributed by atoms with Crippen LogP contribution in [0.15, 0.2) is 42.5 Å². The van der Waals surface area contributed by atoms with Gasteiger partial charge in [-0.05, 0) is 37.4 Å². The van der Waals surface area contributed by atoms with E-state index in [0.717, 1.165) is 13.0 Å². The summed E-state index contributed by atoms with van der Waals surface area (Å²) in [4.78, 5) is 1.41. The van der Waals surface area contributed by atoms with Gasteiger partial charge in [-0.1, -0.05) is 30.7 Å². The quantitative estimate of drug-likeness (QED) is 0.764. The predicted octanol–water partition coefficient (Wildman–Crippen LogP) is 4.52. The summed E-state index contributed by atoms with van der Waals surface area (Å²) in [6.07, 6.45) is 1.01. The van der Waals surface area contributed by atoms with E-state index in [2.05, 4.69) is 56.1 Å². The van der Waals surface area contributed by atoms with Crippen LogP contribution in [0.4, 0.5) is 0 Å². The molecular weight excluding hydrogens is 226 g/mol. The largest absolute Gasteiger partial charge is 0.309 e. The first kappa shape index (κ1) is 12.3. The topological polar surface area (TPSA) is 12.0 Å². The molecule has 2 heteroatoms. The molecule has 0 bridgehead atoms. The first-order valence-corrected chi connectivity index (χ1v) is 6.88. The first-order chi connectivity index (χ1) is 8.20. The summed E-state index contributed by atoms with van der Waals surface area (Å²) in [7, 11) is 0. The van der Waals surface area contributed by atoms with Gasteiger partial charge in [0.15, 0.2) is 0 Å². The number of benzene rings is 1. The van der Waals surface area contributed by atoms with Gasteiger partial charge in [-0.3, -0.25) is 0 Å². The number of thiophene rings is 1. The highest BCUT2D eigenvalue weighted by atomic mass is 32.1. The maximum Gasteiger partial charge on any atom is 0.0452 e. The molecule has 1 atom stereocenters. The van der Waals surface area contributed by atoms with Gasteiger partial charge in [0, 0.05) is 15.6 Å². The van der Waals surface area contributed by atoms with E-state index in [1.165, 1.54) is 20.5 Å². The average Bonchev–Trinajstić information content (AvgIpc) is 2.71. The van der Waals surface area contributed by atoms with Crippen LogP contribution in [0.1, 0.15) is 31.2 Å². The van der Waals surface area contributed by atoms with Crippen LogP contribution in [0.25, 0.3) is 10.1 Å². The minimum atomic E-state index is 0.412. The van der Waals surface area contributed by atoms with Crippen LogP contribution in [0.3, 0.4) is 0 Å². The second-order valence-electron chi connectivity index (χ2n) is 4.46. The molecule has 90 valence electrons. The second kappa shape index (κ2) is 5.48. The first-order valence-electron chi connectivity index (χ1n) is 6.07. The molecule has 0 aliphatic carbocycles. The number of rotatable bonds is 5. The number of hydrogen-bond acceptors (Lipinski definition) is 2. The fourth-order valence-corrected chi connectivity index (χ4v) is 3.18. The summed E-state index contributed by atoms with van der Waals surface area (Å²) >= 11 is 1.88. The van der Waals surface area contributed by atoms with Crippen molar-refractivity contribution in [3.8, 4) is 0 Å². The highest BCUT2D eigenvalue weighted by Crippen LogP contribution is 2.32. The average molecular weight is 245 g/mol. The lowest BCUT2D eigenvalue weighted by Gasteiger charge is -2.16. The number of nitrogens with one attached hydrogen (secondary N) is 1. The summed E-state index contributed by atoms with van der Waals surface area (Å²) in [5.74, 6) is 0. The molecule has 0 saturated heterocycles. The van der Waals surface area contributed by atoms with Crippen molar-refractivity contribution in [2.45, 2.75) is 26.3 Å². The van der Waals surface area contributed by atoms with Crippen molar-refractivity contribution in [1.29, 1.82) is 0 Å². The van der Waals surface area contributed by atoms with Gasteiger partial charge < -0.3 is 5.32 Å². The van der Waals surface area contributed by atoms with Gasteiger partial charge in [-0.2, -0.15) is 0 Å². The Morgan fingerprint density at radius 1 is 1.41 bits per heavy atom. The second-order valence-corrected chi connectivity index (χ2v) is 5.57. The van der Waals surface area contributed by atoms with Crippen LogP contribution in [-0.2, 0) is 0 Å². The molecule has 1 N–H and O–H groups in total. The van der Waals surface area contributed by atoms with E-state index >= 15 is 0 Å². The monoisotopic (exact) mass is 245 g/mol. The summed E-state index contributed by atoms with van der Waals surface area (Å²) < 4.78 is 1.37. The molecule has 0 aliphatic rings. The Balaban J connectivity index is 2.31. The molecule has 2 aromatic rings. The number of hydrogen-bond donors (Lipinski definition) is 1. The van der Waals surface area contributed by atoms with Gasteiger partial charge in [-0.15, -0.1) is 17.9 Å². The Kier molecular flexibility index (Phi) is 3.97. The third-order valence-electron chi connectivity index (χ3n) is 2.79. The van der Waals surface area contributed by atoms with Crippen molar-refractivity contribution >= 4 is 21.4 Å². The molecule has 0 spiro atoms. The van der Waals surface area contributed by atoms with Gasteiger partial charge in [0.25, 0.3) is 0 Å². The van der Waals surface area contributed by atoms with E-state index in [1.54, 1.807) is 0 Å². The fraction of sp³-hybridized carbons (Fsp3) is 0.333. The molecule has 1 aromatic heterocycles. The van der Waals surface area contributed by atoms with Crippen LogP contribution < -0.4 is 5.32 Å². The van der Waals surface area contributed by atoms with Gasteiger partial charge in [0.2, 0.25) is 0 Å². The van der Waals surface area contributed by atoms with E-state index in [-0.39, 0.29) is 0 Å². The molecule has 1 unspecified atom stereocenters. The fourth-order valence-electron chi connectivity index (χ4n) is 2.04. The predicted molar refractivity (Wildman–Crippen MR) is 77.7 cm³/mol. The molecule has 17 heavy (non-hydrogen) atoms. The minimum Gasteiger partial charge on any atom is -0.309 e. The van der Waals surface area contributed by atoms with Crippen molar-refractivity contribution in [1.82, 2.24) is 5.32 Å². The highest BCUT2D eigenvalue weighted by Gasteiger charge is 2.13. The van der Waals surface area contributed by atoms with Crippen molar-refractivity contribution < 1.29 is 0 Å². The number of fused-ring (bicyclic) bond motifs is 1. The van der Waals surface area contributed by atoms with E-state index in [9.17, 15) is 0 Å². The smallest absolute Gasteiger partial charge is 0.0452 e. The zero-order valence-corrected chi connectivity index (χ0v) is 11.3. The molecule has 0 radical (unpaired) electrons. The summed E-state index contributed by atoms with van der Waals surface area (Å²) in [5.41, 5.74) is 1.23. The van der Waals surface area contributed by atoms with Gasteiger partial charge in [-0.25, -0.2) is 0 Å². The maximum absolute atomic E-state index is 4.02. The minimum absolute atomic E-state index is 0.412. The van der Waals surface area contributed by atoms with Gasteiger partial charge in [0.05, 0.1) is 0 Å². The molecule has 1 nitrogen and oxygen atoms in total. The summed E-state index contributed by atoms with van der Waals surface area (Å²) in [6.45, 7) is 9.26. The van der Waals surface area contributed by atoms with Crippen LogP contribution in [0.5, 0.6) is 0 Å². The van der Waals surface area contributed by atoms with Gasteiger partial charge in [0.1, 0.15) is 0 Å². The van der Waals surface area contributed by atoms with E-state index in [0.29, 0.717) is 6.04 Å². The summed E-state index contributed by atoms with van der Waals surface area (Å²) in [5, 5.41) is 4.89. The van der Waals surface area contributed by atoms with Crippen LogP contribution >= 0.6 is 11.3 Å². The normalized spacial score (nSPS) is 12.8. The standard InChI is InChI=1S/C15H19NS/c1-4-16-13(9-11(2)3)15-10-12-7-5-6-8-14(12)17-15/h5-8,10,13,16H,2,4,9H2,1,3H3. The molecule has 2 rings (SSSR count). The molecule has 0 aliphatic heterocycles. The molecule has 0 saturated carbocycles. The van der Waals surface area contributed by atoms with Crippen molar-refractivity contribution in [2.75, 3.05) is 6.54 Å². The lowest BCUT2D eigenvalue weighted by Crippen LogP contribution is -2.20. The molecule has 0 amide bonds. The van der Waals surface area contributed by atoms with Crippen LogP contribution in [0.2, 0.25) is 0 Å². The third-order valence-corrected chi connectivity index (χ3v) is 4.02. The van der Waals surface area contributed by atoms with E-state index < -0.39 is 0 Å². The van der Waals surface area contributed by atoms with Crippen LogP contribution in [0, 0.1) is 0 Å². The Bertz CT molecular complexity index is 479. The molecule has 0 fully saturated rings. The lowest BCUT2D eigenvalue weighted by atomic mass is 10.1. The Labute approximate surface area is 107 Å². The lowest BCUT2D eigenvalue weighted by molar-refractivity contribution is 0.557.